The molecule has 3 aliphatic carbocycles. The van der Waals surface area contributed by atoms with Crippen LogP contribution in [0.1, 0.15) is 59.3 Å². The lowest BCUT2D eigenvalue weighted by Gasteiger charge is -2.25. The average Bonchev–Trinajstić information content (AvgIpc) is 3.61. The smallest absolute Gasteiger partial charge is 0.143 e. The van der Waals surface area contributed by atoms with Gasteiger partial charge in [0.1, 0.15) is 22.5 Å². The lowest BCUT2D eigenvalue weighted by Crippen LogP contribution is -2.11. The summed E-state index contributed by atoms with van der Waals surface area (Å²) in [5.74, 6) is 8.90. The average molecular weight is 619 g/mol. The molecule has 3 atom stereocenters. The minimum Gasteiger partial charge on any atom is -0.461 e. The van der Waals surface area contributed by atoms with Crippen LogP contribution < -0.4 is 0 Å². The van der Waals surface area contributed by atoms with Crippen LogP contribution in [0, 0.1) is 23.7 Å². The van der Waals surface area contributed by atoms with Gasteiger partial charge in [-0.3, -0.25) is 0 Å². The molecule has 0 radical (unpaired) electrons. The van der Waals surface area contributed by atoms with E-state index in [1.54, 1.807) is 0 Å². The molecule has 0 N–H and O–H groups in total. The van der Waals surface area contributed by atoms with Crippen molar-refractivity contribution in [3.8, 4) is 11.8 Å². The fraction of sp³-hybridized carbons (Fsp3) is 0.174. The van der Waals surface area contributed by atoms with Crippen molar-refractivity contribution < 1.29 is 8.83 Å². The van der Waals surface area contributed by atoms with Crippen LogP contribution in [0.3, 0.4) is 0 Å². The van der Waals surface area contributed by atoms with E-state index in [0.717, 1.165) is 51.7 Å². The summed E-state index contributed by atoms with van der Waals surface area (Å²) >= 11 is 0. The monoisotopic (exact) mass is 618 g/mol. The first-order valence-electron chi connectivity index (χ1n) is 17.3. The summed E-state index contributed by atoms with van der Waals surface area (Å²) in [6.07, 6.45) is 13.7. The maximum absolute atomic E-state index is 6.94. The van der Waals surface area contributed by atoms with Crippen LogP contribution in [0.4, 0.5) is 0 Å². The Morgan fingerprint density at radius 3 is 2.35 bits per heavy atom. The van der Waals surface area contributed by atoms with Gasteiger partial charge in [-0.1, -0.05) is 128 Å². The molecule has 5 aromatic carbocycles. The van der Waals surface area contributed by atoms with Crippen molar-refractivity contribution in [3.63, 3.8) is 0 Å². The van der Waals surface area contributed by atoms with Crippen LogP contribution in [0.25, 0.3) is 49.3 Å². The molecule has 2 nitrogen and oxygen atoms in total. The normalized spacial score (nSPS) is 21.7. The molecule has 0 saturated heterocycles. The van der Waals surface area contributed by atoms with Crippen molar-refractivity contribution in [2.75, 3.05) is 0 Å². The number of fused-ring (bicyclic) bond motifs is 9. The van der Waals surface area contributed by atoms with Crippen LogP contribution in [-0.2, 0) is 12.8 Å². The predicted molar refractivity (Wildman–Crippen MR) is 197 cm³/mol. The third-order valence-electron chi connectivity index (χ3n) is 10.7. The fourth-order valence-electron chi connectivity index (χ4n) is 8.36. The Morgan fingerprint density at radius 1 is 0.625 bits per heavy atom. The molecule has 230 valence electrons. The highest BCUT2D eigenvalue weighted by Crippen LogP contribution is 2.45. The van der Waals surface area contributed by atoms with Crippen LogP contribution in [0.15, 0.2) is 136 Å². The zero-order valence-corrected chi connectivity index (χ0v) is 26.9. The third kappa shape index (κ3) is 4.21. The molecule has 0 amide bonds. The Bertz CT molecular complexity index is 2600. The molecule has 0 spiro atoms. The van der Waals surface area contributed by atoms with Gasteiger partial charge in [0.05, 0.1) is 11.8 Å². The van der Waals surface area contributed by atoms with E-state index >= 15 is 0 Å². The van der Waals surface area contributed by atoms with Gasteiger partial charge in [0, 0.05) is 33.7 Å². The first-order chi connectivity index (χ1) is 23.7. The first-order valence-corrected chi connectivity index (χ1v) is 17.3. The summed E-state index contributed by atoms with van der Waals surface area (Å²) in [5.41, 5.74) is 11.3. The molecule has 3 unspecified atom stereocenters. The molecule has 0 aliphatic heterocycles. The lowest BCUT2D eigenvalue weighted by molar-refractivity contribution is 0.506. The molecular formula is C46H34O2. The second-order valence-electron chi connectivity index (χ2n) is 13.6. The van der Waals surface area contributed by atoms with Crippen molar-refractivity contribution in [3.05, 3.63) is 161 Å². The lowest BCUT2D eigenvalue weighted by atomic mass is 9.77. The number of aryl methyl sites for hydroxylation is 2. The Labute approximate surface area is 280 Å². The first kappa shape index (κ1) is 27.6. The Morgan fingerprint density at radius 2 is 1.38 bits per heavy atom. The number of hydrogen-bond acceptors (Lipinski definition) is 2. The molecule has 2 aromatic heterocycles. The van der Waals surface area contributed by atoms with E-state index in [4.69, 9.17) is 8.83 Å². The van der Waals surface area contributed by atoms with Gasteiger partial charge >= 0.3 is 0 Å². The maximum Gasteiger partial charge on any atom is 0.143 e. The molecule has 0 bridgehead atoms. The van der Waals surface area contributed by atoms with E-state index < -0.39 is 0 Å². The minimum atomic E-state index is -0.0881. The van der Waals surface area contributed by atoms with Gasteiger partial charge in [0.2, 0.25) is 0 Å². The summed E-state index contributed by atoms with van der Waals surface area (Å²) in [4.78, 5) is 0. The standard InChI is InChI=1S/C46H34O2/c1-28-20-22-30-23-25-35(33-16-8-11-29-10-2-3-12-31(29)33)34-13-4-5-15-37(34)45(32(30)24-21-28)39-18-9-17-38-41-27-43-40(26-44(41)48-46(38)39)36-14-6-7-19-42(36)47-43/h2-5,8-13,15-18,20-22,24,26-28,30,35H,6-7,14,19H2,1H3/b45-32+. The number of furan rings is 2. The quantitative estimate of drug-likeness (QED) is 0.142. The highest BCUT2D eigenvalue weighted by atomic mass is 16.3. The highest BCUT2D eigenvalue weighted by molar-refractivity contribution is 6.13. The van der Waals surface area contributed by atoms with E-state index in [1.165, 1.54) is 62.4 Å². The van der Waals surface area contributed by atoms with E-state index in [1.807, 2.05) is 0 Å². The Balaban J connectivity index is 1.26. The van der Waals surface area contributed by atoms with Gasteiger partial charge in [-0.15, -0.1) is 0 Å². The van der Waals surface area contributed by atoms with Gasteiger partial charge in [-0.2, -0.15) is 0 Å². The Kier molecular flexibility index (Phi) is 6.18. The zero-order valence-electron chi connectivity index (χ0n) is 26.9. The second-order valence-corrected chi connectivity index (χ2v) is 13.6. The predicted octanol–water partition coefficient (Wildman–Crippen LogP) is 11.7. The molecular weight excluding hydrogens is 585 g/mol. The van der Waals surface area contributed by atoms with Crippen molar-refractivity contribution in [1.82, 2.24) is 0 Å². The number of hydrogen-bond donors (Lipinski definition) is 0. The fourth-order valence-corrected chi connectivity index (χ4v) is 8.36. The molecule has 0 saturated carbocycles. The second kappa shape index (κ2) is 10.8. The van der Waals surface area contributed by atoms with E-state index in [2.05, 4.69) is 140 Å². The van der Waals surface area contributed by atoms with E-state index in [9.17, 15) is 0 Å². The minimum absolute atomic E-state index is 0.0551. The van der Waals surface area contributed by atoms with Crippen LogP contribution in [0.5, 0.6) is 0 Å². The molecule has 2 heterocycles. The SMILES string of the molecule is CC1C=C/C2=C(\c3cccc4c3oc3cc5c6c(oc5cc34)CCCC6)c3ccccc3C(c3cccc4ccccc34)C#CC2C=C1. The van der Waals surface area contributed by atoms with E-state index in [-0.39, 0.29) is 11.8 Å². The van der Waals surface area contributed by atoms with Crippen LogP contribution in [0.2, 0.25) is 0 Å². The Hall–Kier alpha value is -5.52. The summed E-state index contributed by atoms with van der Waals surface area (Å²) in [7, 11) is 0. The highest BCUT2D eigenvalue weighted by Gasteiger charge is 2.28. The topological polar surface area (TPSA) is 26.3 Å². The summed E-state index contributed by atoms with van der Waals surface area (Å²) in [6.45, 7) is 2.24. The molecule has 7 aromatic rings. The summed E-state index contributed by atoms with van der Waals surface area (Å²) < 4.78 is 13.4. The summed E-state index contributed by atoms with van der Waals surface area (Å²) in [5, 5.41) is 5.90. The zero-order chi connectivity index (χ0) is 31.8. The van der Waals surface area contributed by atoms with Crippen LogP contribution >= 0.6 is 0 Å². The van der Waals surface area contributed by atoms with E-state index in [0.29, 0.717) is 5.92 Å². The molecule has 3 aliphatic rings. The molecule has 10 rings (SSSR count). The number of para-hydroxylation sites is 1. The van der Waals surface area contributed by atoms with Crippen molar-refractivity contribution in [1.29, 1.82) is 0 Å². The number of benzene rings is 5. The van der Waals surface area contributed by atoms with Gasteiger partial charge < -0.3 is 8.83 Å². The molecule has 2 heteroatoms. The van der Waals surface area contributed by atoms with Gasteiger partial charge in [0.25, 0.3) is 0 Å². The maximum atomic E-state index is 6.94. The van der Waals surface area contributed by atoms with Gasteiger partial charge in [-0.05, 0) is 75.9 Å². The van der Waals surface area contributed by atoms with Gasteiger partial charge in [0.15, 0.2) is 0 Å². The summed E-state index contributed by atoms with van der Waals surface area (Å²) in [6, 6.07) is 35.2. The largest absolute Gasteiger partial charge is 0.461 e. The third-order valence-corrected chi connectivity index (χ3v) is 10.7. The number of rotatable bonds is 2. The molecule has 48 heavy (non-hydrogen) atoms. The van der Waals surface area contributed by atoms with Crippen LogP contribution in [-0.4, -0.2) is 0 Å². The number of allylic oxidation sites excluding steroid dienone is 5. The van der Waals surface area contributed by atoms with Crippen molar-refractivity contribution in [2.45, 2.75) is 38.5 Å². The van der Waals surface area contributed by atoms with Gasteiger partial charge in [-0.25, -0.2) is 0 Å². The molecule has 0 fully saturated rings. The van der Waals surface area contributed by atoms with Crippen molar-refractivity contribution in [2.24, 2.45) is 11.8 Å². The van der Waals surface area contributed by atoms with Crippen molar-refractivity contribution >= 4 is 49.3 Å².